The van der Waals surface area contributed by atoms with Crippen LogP contribution < -0.4 is 9.62 Å². The number of hydrogen-bond donors (Lipinski definition) is 1. The first kappa shape index (κ1) is 19.3. The second kappa shape index (κ2) is 8.36. The number of carbonyl (C=O) groups is 1. The van der Waals surface area contributed by atoms with Crippen LogP contribution in [0.25, 0.3) is 0 Å². The SMILES string of the molecule is Cc1ccccc1CNC(=O)CCN(c1ccc(Cl)cc1)S(C)(=O)=O. The molecule has 2 aromatic carbocycles. The summed E-state index contributed by atoms with van der Waals surface area (Å²) in [4.78, 5) is 12.1. The molecule has 25 heavy (non-hydrogen) atoms. The number of halogens is 1. The summed E-state index contributed by atoms with van der Waals surface area (Å²) in [5.41, 5.74) is 2.62. The number of carbonyl (C=O) groups excluding carboxylic acids is 1. The van der Waals surface area contributed by atoms with E-state index in [1.165, 1.54) is 4.31 Å². The van der Waals surface area contributed by atoms with Crippen LogP contribution in [0.5, 0.6) is 0 Å². The quantitative estimate of drug-likeness (QED) is 0.802. The van der Waals surface area contributed by atoms with Gasteiger partial charge < -0.3 is 5.32 Å². The van der Waals surface area contributed by atoms with Crippen LogP contribution in [0.1, 0.15) is 17.5 Å². The van der Waals surface area contributed by atoms with E-state index in [1.54, 1.807) is 24.3 Å². The molecule has 0 spiro atoms. The molecule has 134 valence electrons. The molecule has 0 aliphatic heterocycles. The number of sulfonamides is 1. The van der Waals surface area contributed by atoms with Gasteiger partial charge in [0.1, 0.15) is 0 Å². The smallest absolute Gasteiger partial charge is 0.232 e. The molecular formula is C18H21ClN2O3S. The van der Waals surface area contributed by atoms with Crippen LogP contribution in [0.4, 0.5) is 5.69 Å². The van der Waals surface area contributed by atoms with Crippen molar-refractivity contribution in [1.29, 1.82) is 0 Å². The Hall–Kier alpha value is -2.05. The largest absolute Gasteiger partial charge is 0.352 e. The number of benzene rings is 2. The van der Waals surface area contributed by atoms with Crippen LogP contribution in [0.3, 0.4) is 0 Å². The predicted molar refractivity (Wildman–Crippen MR) is 101 cm³/mol. The van der Waals surface area contributed by atoms with Crippen LogP contribution in [-0.4, -0.2) is 27.1 Å². The molecule has 0 fully saturated rings. The van der Waals surface area contributed by atoms with E-state index in [9.17, 15) is 13.2 Å². The van der Waals surface area contributed by atoms with Crippen molar-refractivity contribution < 1.29 is 13.2 Å². The zero-order valence-corrected chi connectivity index (χ0v) is 15.8. The lowest BCUT2D eigenvalue weighted by molar-refractivity contribution is -0.121. The summed E-state index contributed by atoms with van der Waals surface area (Å²) in [5, 5.41) is 3.35. The maximum atomic E-state index is 12.1. The van der Waals surface area contributed by atoms with E-state index in [0.29, 0.717) is 17.3 Å². The van der Waals surface area contributed by atoms with Crippen molar-refractivity contribution in [3.05, 3.63) is 64.7 Å². The maximum absolute atomic E-state index is 12.1. The molecule has 1 amide bonds. The molecule has 0 bridgehead atoms. The summed E-state index contributed by atoms with van der Waals surface area (Å²) < 4.78 is 25.2. The fourth-order valence-electron chi connectivity index (χ4n) is 2.39. The number of hydrogen-bond acceptors (Lipinski definition) is 3. The Morgan fingerprint density at radius 3 is 2.36 bits per heavy atom. The molecule has 0 aromatic heterocycles. The highest BCUT2D eigenvalue weighted by Gasteiger charge is 2.18. The van der Waals surface area contributed by atoms with Gasteiger partial charge in [0.15, 0.2) is 0 Å². The molecule has 0 atom stereocenters. The monoisotopic (exact) mass is 380 g/mol. The highest BCUT2D eigenvalue weighted by atomic mass is 35.5. The molecule has 1 N–H and O–H groups in total. The first-order valence-electron chi connectivity index (χ1n) is 7.82. The van der Waals surface area contributed by atoms with Gasteiger partial charge in [0.2, 0.25) is 15.9 Å². The lowest BCUT2D eigenvalue weighted by atomic mass is 10.1. The average Bonchev–Trinajstić information content (AvgIpc) is 2.55. The van der Waals surface area contributed by atoms with E-state index >= 15 is 0 Å². The minimum Gasteiger partial charge on any atom is -0.352 e. The minimum absolute atomic E-state index is 0.0695. The Bertz CT molecular complexity index is 836. The van der Waals surface area contributed by atoms with Gasteiger partial charge in [-0.25, -0.2) is 8.42 Å². The van der Waals surface area contributed by atoms with Gasteiger partial charge in [-0.1, -0.05) is 35.9 Å². The Kier molecular flexibility index (Phi) is 6.45. The van der Waals surface area contributed by atoms with Gasteiger partial charge in [-0.3, -0.25) is 9.10 Å². The van der Waals surface area contributed by atoms with E-state index in [2.05, 4.69) is 5.32 Å². The van der Waals surface area contributed by atoms with E-state index in [4.69, 9.17) is 11.6 Å². The Morgan fingerprint density at radius 2 is 1.76 bits per heavy atom. The summed E-state index contributed by atoms with van der Waals surface area (Å²) in [6, 6.07) is 14.3. The summed E-state index contributed by atoms with van der Waals surface area (Å²) in [7, 11) is -3.49. The van der Waals surface area contributed by atoms with Crippen molar-refractivity contribution in [3.8, 4) is 0 Å². The Balaban J connectivity index is 1.97. The van der Waals surface area contributed by atoms with Crippen LogP contribution in [0.15, 0.2) is 48.5 Å². The maximum Gasteiger partial charge on any atom is 0.232 e. The standard InChI is InChI=1S/C18H21ClN2O3S/c1-14-5-3-4-6-15(14)13-20-18(22)11-12-21(25(2,23)24)17-9-7-16(19)8-10-17/h3-10H,11-13H2,1-2H3,(H,20,22). The predicted octanol–water partition coefficient (Wildman–Crippen LogP) is 3.12. The van der Waals surface area contributed by atoms with Crippen molar-refractivity contribution in [2.24, 2.45) is 0 Å². The van der Waals surface area contributed by atoms with Crippen LogP contribution >= 0.6 is 11.6 Å². The number of aryl methyl sites for hydroxylation is 1. The molecule has 0 heterocycles. The Labute approximate surface area is 153 Å². The Morgan fingerprint density at radius 1 is 1.12 bits per heavy atom. The van der Waals surface area contributed by atoms with E-state index in [-0.39, 0.29) is 18.9 Å². The van der Waals surface area contributed by atoms with Crippen molar-refractivity contribution in [3.63, 3.8) is 0 Å². The number of rotatable bonds is 7. The van der Waals surface area contributed by atoms with Crippen molar-refractivity contribution in [2.75, 3.05) is 17.1 Å². The van der Waals surface area contributed by atoms with Gasteiger partial charge in [-0.15, -0.1) is 0 Å². The van der Waals surface area contributed by atoms with Crippen LogP contribution in [-0.2, 0) is 21.4 Å². The van der Waals surface area contributed by atoms with Gasteiger partial charge in [0, 0.05) is 24.5 Å². The number of anilines is 1. The van der Waals surface area contributed by atoms with Gasteiger partial charge in [0.05, 0.1) is 11.9 Å². The molecule has 0 saturated heterocycles. The normalized spacial score (nSPS) is 11.2. The highest BCUT2D eigenvalue weighted by molar-refractivity contribution is 7.92. The minimum atomic E-state index is -3.49. The van der Waals surface area contributed by atoms with E-state index in [1.807, 2.05) is 31.2 Å². The molecule has 0 aliphatic rings. The molecule has 0 radical (unpaired) electrons. The summed E-state index contributed by atoms with van der Waals surface area (Å²) in [6.45, 7) is 2.47. The summed E-state index contributed by atoms with van der Waals surface area (Å²) in [6.07, 6.45) is 1.19. The average molecular weight is 381 g/mol. The molecule has 2 rings (SSSR count). The highest BCUT2D eigenvalue weighted by Crippen LogP contribution is 2.20. The molecule has 7 heteroatoms. The zero-order valence-electron chi connectivity index (χ0n) is 14.2. The molecule has 5 nitrogen and oxygen atoms in total. The summed E-state index contributed by atoms with van der Waals surface area (Å²) >= 11 is 5.84. The van der Waals surface area contributed by atoms with Gasteiger partial charge >= 0.3 is 0 Å². The topological polar surface area (TPSA) is 66.5 Å². The van der Waals surface area contributed by atoms with Crippen molar-refractivity contribution in [2.45, 2.75) is 19.9 Å². The van der Waals surface area contributed by atoms with Gasteiger partial charge in [0.25, 0.3) is 0 Å². The first-order valence-corrected chi connectivity index (χ1v) is 10.0. The third-order valence-corrected chi connectivity index (χ3v) is 5.24. The zero-order chi connectivity index (χ0) is 18.4. The number of nitrogens with zero attached hydrogens (tertiary/aromatic N) is 1. The second-order valence-corrected chi connectivity index (χ2v) is 8.11. The molecule has 2 aromatic rings. The third-order valence-electron chi connectivity index (χ3n) is 3.79. The fraction of sp³-hybridized carbons (Fsp3) is 0.278. The van der Waals surface area contributed by atoms with Crippen LogP contribution in [0.2, 0.25) is 5.02 Å². The fourth-order valence-corrected chi connectivity index (χ4v) is 3.44. The third kappa shape index (κ3) is 5.76. The van der Waals surface area contributed by atoms with E-state index in [0.717, 1.165) is 17.4 Å². The van der Waals surface area contributed by atoms with Gasteiger partial charge in [-0.05, 0) is 42.3 Å². The lowest BCUT2D eigenvalue weighted by Crippen LogP contribution is -2.34. The molecular weight excluding hydrogens is 360 g/mol. The van der Waals surface area contributed by atoms with Crippen LogP contribution in [0, 0.1) is 6.92 Å². The molecule has 0 unspecified atom stereocenters. The molecule has 0 aliphatic carbocycles. The number of amides is 1. The second-order valence-electron chi connectivity index (χ2n) is 5.76. The van der Waals surface area contributed by atoms with Crippen molar-refractivity contribution in [1.82, 2.24) is 5.32 Å². The lowest BCUT2D eigenvalue weighted by Gasteiger charge is -2.22. The first-order chi connectivity index (χ1) is 11.8. The van der Waals surface area contributed by atoms with Crippen molar-refractivity contribution >= 4 is 33.2 Å². The number of nitrogens with one attached hydrogen (secondary N) is 1. The van der Waals surface area contributed by atoms with E-state index < -0.39 is 10.0 Å². The molecule has 0 saturated carbocycles. The summed E-state index contributed by atoms with van der Waals surface area (Å²) in [5.74, 6) is -0.203. The van der Waals surface area contributed by atoms with Gasteiger partial charge in [-0.2, -0.15) is 0 Å².